The summed E-state index contributed by atoms with van der Waals surface area (Å²) in [4.78, 5) is 61.0. The number of imidazole rings is 1. The Labute approximate surface area is 282 Å². The third-order valence-corrected chi connectivity index (χ3v) is 8.56. The molecule has 49 heavy (non-hydrogen) atoms. The lowest BCUT2D eigenvalue weighted by Gasteiger charge is -2.32. The van der Waals surface area contributed by atoms with Crippen molar-refractivity contribution >= 4 is 47.1 Å². The molecule has 0 radical (unpaired) electrons. The van der Waals surface area contributed by atoms with E-state index < -0.39 is 11.9 Å². The lowest BCUT2D eigenvalue weighted by Crippen LogP contribution is -2.43. The number of methoxy groups -OCH3 is 1. The van der Waals surface area contributed by atoms with Crippen LogP contribution >= 0.6 is 0 Å². The third-order valence-electron chi connectivity index (χ3n) is 8.56. The Morgan fingerprint density at radius 3 is 2.51 bits per heavy atom. The lowest BCUT2D eigenvalue weighted by molar-refractivity contribution is -0.116. The molecule has 1 fully saturated rings. The highest BCUT2D eigenvalue weighted by Crippen LogP contribution is 2.38. The molecule has 0 unspecified atom stereocenters. The number of carbonyl (C=O) groups excluding carboxylic acids is 3. The van der Waals surface area contributed by atoms with Gasteiger partial charge in [0, 0.05) is 63.0 Å². The van der Waals surface area contributed by atoms with E-state index in [0.29, 0.717) is 41.4 Å². The molecule has 1 saturated heterocycles. The Morgan fingerprint density at radius 2 is 1.78 bits per heavy atom. The number of piperidine rings is 1. The first-order valence-corrected chi connectivity index (χ1v) is 16.0. The number of amides is 3. The summed E-state index contributed by atoms with van der Waals surface area (Å²) in [5.74, 6) is -0.642. The molecule has 6 rings (SSSR count). The largest absolute Gasteiger partial charge is 0.493 e. The molecule has 2 aromatic carbocycles. The van der Waals surface area contributed by atoms with E-state index in [1.54, 1.807) is 69.0 Å². The van der Waals surface area contributed by atoms with Gasteiger partial charge in [-0.3, -0.25) is 19.4 Å². The molecule has 254 valence electrons. The number of hydrogen-bond acceptors (Lipinski definition) is 8. The summed E-state index contributed by atoms with van der Waals surface area (Å²) in [6.07, 6.45) is 8.57. The van der Waals surface area contributed by atoms with Crippen LogP contribution in [0.25, 0.3) is 11.1 Å². The van der Waals surface area contributed by atoms with Crippen LogP contribution in [0.15, 0.2) is 59.9 Å². The number of nitrogens with zero attached hydrogens (tertiary/aromatic N) is 5. The number of rotatable bonds is 11. The van der Waals surface area contributed by atoms with Gasteiger partial charge in [-0.15, -0.1) is 0 Å². The number of anilines is 2. The number of benzene rings is 2. The second kappa shape index (κ2) is 14.1. The van der Waals surface area contributed by atoms with E-state index in [1.165, 1.54) is 16.2 Å². The first-order valence-electron chi connectivity index (χ1n) is 16.0. The van der Waals surface area contributed by atoms with Crippen molar-refractivity contribution in [2.45, 2.75) is 38.1 Å². The molecule has 0 aliphatic carbocycles. The maximum atomic E-state index is 13.2. The number of carboxylic acids is 1. The molecule has 0 bridgehead atoms. The monoisotopic (exact) mass is 667 g/mol. The topological polar surface area (TPSA) is 169 Å². The van der Waals surface area contributed by atoms with Crippen molar-refractivity contribution < 1.29 is 33.8 Å². The highest BCUT2D eigenvalue weighted by atomic mass is 16.5. The van der Waals surface area contributed by atoms with Crippen LogP contribution in [0.4, 0.5) is 17.2 Å². The molecule has 14 heteroatoms. The third kappa shape index (κ3) is 7.17. The van der Waals surface area contributed by atoms with Crippen LogP contribution in [0.5, 0.6) is 11.5 Å². The minimum atomic E-state index is -1.01. The Morgan fingerprint density at radius 1 is 0.980 bits per heavy atom. The first-order chi connectivity index (χ1) is 23.6. The quantitative estimate of drug-likeness (QED) is 0.190. The first kappa shape index (κ1) is 33.0. The summed E-state index contributed by atoms with van der Waals surface area (Å²) in [5, 5.41) is 14.8. The fourth-order valence-electron chi connectivity index (χ4n) is 6.01. The maximum Gasteiger partial charge on any atom is 0.352 e. The van der Waals surface area contributed by atoms with Crippen LogP contribution in [-0.4, -0.2) is 80.3 Å². The highest BCUT2D eigenvalue weighted by Gasteiger charge is 2.31. The van der Waals surface area contributed by atoms with Gasteiger partial charge < -0.3 is 39.2 Å². The van der Waals surface area contributed by atoms with E-state index in [-0.39, 0.29) is 48.2 Å². The van der Waals surface area contributed by atoms with Crippen LogP contribution in [0.2, 0.25) is 0 Å². The van der Waals surface area contributed by atoms with Gasteiger partial charge in [0.25, 0.3) is 11.8 Å². The minimum Gasteiger partial charge on any atom is -0.493 e. The number of nitrogens with one attached hydrogen (secondary N) is 2. The number of carboxylic acid groups (broad SMARTS) is 1. The molecule has 0 spiro atoms. The number of carbonyl (C=O) groups is 4. The van der Waals surface area contributed by atoms with Crippen molar-refractivity contribution in [2.75, 3.05) is 30.9 Å². The van der Waals surface area contributed by atoms with Gasteiger partial charge in [0.2, 0.25) is 11.7 Å². The molecule has 4 aromatic rings. The summed E-state index contributed by atoms with van der Waals surface area (Å²) < 4.78 is 14.5. The van der Waals surface area contributed by atoms with E-state index in [4.69, 9.17) is 9.47 Å². The summed E-state index contributed by atoms with van der Waals surface area (Å²) in [5.41, 5.74) is 3.24. The maximum absolute atomic E-state index is 13.2. The van der Waals surface area contributed by atoms with Crippen molar-refractivity contribution in [1.29, 1.82) is 0 Å². The van der Waals surface area contributed by atoms with Gasteiger partial charge in [0.1, 0.15) is 5.69 Å². The van der Waals surface area contributed by atoms with E-state index in [9.17, 15) is 24.3 Å². The number of hydrogen-bond donors (Lipinski definition) is 3. The Bertz CT molecular complexity index is 1940. The second-order valence-electron chi connectivity index (χ2n) is 12.0. The fourth-order valence-corrected chi connectivity index (χ4v) is 6.01. The molecule has 3 N–H and O–H groups in total. The molecular weight excluding hydrogens is 630 g/mol. The number of ether oxygens (including phenoxy) is 2. The van der Waals surface area contributed by atoms with E-state index in [1.807, 2.05) is 11.1 Å². The van der Waals surface area contributed by atoms with Crippen molar-refractivity contribution in [3.8, 4) is 22.6 Å². The lowest BCUT2D eigenvalue weighted by atomic mass is 10.0. The summed E-state index contributed by atoms with van der Waals surface area (Å²) in [7, 11) is 4.83. The summed E-state index contributed by atoms with van der Waals surface area (Å²) in [6.45, 7) is 0.920. The number of aliphatic imine (C=N–C) groups is 1. The smallest absolute Gasteiger partial charge is 0.352 e. The number of aromatic nitrogens is 3. The standard InChI is InChI=1S/C35H37N7O7/c1-40-19-22(15-27(40)35(46)47)21-9-11-23(12-10-21)37-33(44)32-39-30(20-41(32)2)38-31(43)8-6-14-49-29-17-26-25(16-28(29)48-3)34(45)42-13-5-4-7-24(42)18-36-26/h9-12,15-20,24H,4-8,13-14H2,1-3H3,(H,37,44)(H,38,43)(H,46,47)/t24-/m0/s1. The van der Waals surface area contributed by atoms with Gasteiger partial charge in [-0.2, -0.15) is 0 Å². The average Bonchev–Trinajstić information content (AvgIpc) is 3.63. The normalized spacial score (nSPS) is 15.2. The predicted molar refractivity (Wildman–Crippen MR) is 182 cm³/mol. The zero-order valence-corrected chi connectivity index (χ0v) is 27.4. The Balaban J connectivity index is 1.01. The van der Waals surface area contributed by atoms with Gasteiger partial charge in [-0.1, -0.05) is 12.1 Å². The number of aromatic carboxylic acids is 1. The zero-order valence-electron chi connectivity index (χ0n) is 27.4. The van der Waals surface area contributed by atoms with E-state index in [2.05, 4.69) is 20.6 Å². The van der Waals surface area contributed by atoms with Crippen LogP contribution in [-0.2, 0) is 18.9 Å². The SMILES string of the molecule is COc1cc2c(cc1OCCCC(=O)Nc1cn(C)c(C(=O)Nc3ccc(-c4cc(C(=O)O)n(C)c4)cc3)n1)N=C[C@@H]1CCCCN1C2=O. The van der Waals surface area contributed by atoms with Crippen LogP contribution in [0, 0.1) is 0 Å². The van der Waals surface area contributed by atoms with Crippen LogP contribution in [0.1, 0.15) is 63.6 Å². The van der Waals surface area contributed by atoms with Gasteiger partial charge in [0.05, 0.1) is 31.0 Å². The second-order valence-corrected chi connectivity index (χ2v) is 12.0. The Kier molecular flexibility index (Phi) is 9.47. The molecule has 3 amide bonds. The van der Waals surface area contributed by atoms with Crippen LogP contribution < -0.4 is 20.1 Å². The molecule has 2 aromatic heterocycles. The predicted octanol–water partition coefficient (Wildman–Crippen LogP) is 4.89. The summed E-state index contributed by atoms with van der Waals surface area (Å²) in [6, 6.07) is 11.9. The number of aryl methyl sites for hydroxylation is 2. The Hall–Kier alpha value is -5.92. The van der Waals surface area contributed by atoms with Crippen molar-refractivity contribution in [3.05, 3.63) is 71.9 Å². The molecular formula is C35H37N7O7. The highest BCUT2D eigenvalue weighted by molar-refractivity contribution is 6.04. The van der Waals surface area contributed by atoms with Gasteiger partial charge in [0.15, 0.2) is 17.3 Å². The molecule has 2 aliphatic heterocycles. The fraction of sp³-hybridized carbons (Fsp3) is 0.314. The van der Waals surface area contributed by atoms with E-state index >= 15 is 0 Å². The van der Waals surface area contributed by atoms with Crippen molar-refractivity contribution in [3.63, 3.8) is 0 Å². The molecule has 0 saturated carbocycles. The molecule has 4 heterocycles. The van der Waals surface area contributed by atoms with Gasteiger partial charge >= 0.3 is 5.97 Å². The molecule has 1 atom stereocenters. The summed E-state index contributed by atoms with van der Waals surface area (Å²) >= 11 is 0. The van der Waals surface area contributed by atoms with Crippen molar-refractivity contribution in [2.24, 2.45) is 19.1 Å². The zero-order chi connectivity index (χ0) is 34.7. The van der Waals surface area contributed by atoms with Crippen LogP contribution in [0.3, 0.4) is 0 Å². The minimum absolute atomic E-state index is 0.0109. The van der Waals surface area contributed by atoms with E-state index in [0.717, 1.165) is 30.4 Å². The molecule has 2 aliphatic rings. The van der Waals surface area contributed by atoms with Crippen molar-refractivity contribution in [1.82, 2.24) is 19.0 Å². The average molecular weight is 668 g/mol. The van der Waals surface area contributed by atoms with Gasteiger partial charge in [-0.25, -0.2) is 9.78 Å². The number of fused-ring (bicyclic) bond motifs is 2. The van der Waals surface area contributed by atoms with Gasteiger partial charge in [-0.05, 0) is 55.5 Å². The molecule has 14 nitrogen and oxygen atoms in total.